The lowest BCUT2D eigenvalue weighted by atomic mass is 9.95. The Morgan fingerprint density at radius 2 is 1.66 bits per heavy atom. The quantitative estimate of drug-likeness (QED) is 0.314. The average Bonchev–Trinajstić information content (AvgIpc) is 3.14. The summed E-state index contributed by atoms with van der Waals surface area (Å²) in [5, 5.41) is 10.8. The van der Waals surface area contributed by atoms with Gasteiger partial charge in [0, 0.05) is 20.3 Å². The molecule has 1 aliphatic heterocycles. The number of hydrogen-bond donors (Lipinski definition) is 1. The number of ether oxygens (including phenoxy) is 2. The first-order chi connectivity index (χ1) is 17.1. The number of ketones is 1. The topological polar surface area (TPSA) is 76.1 Å². The number of rotatable bonds is 10. The number of para-hydroxylation sites is 1. The van der Waals surface area contributed by atoms with Crippen molar-refractivity contribution in [2.24, 2.45) is 0 Å². The number of benzene rings is 3. The highest BCUT2D eigenvalue weighted by Gasteiger charge is 2.42. The highest BCUT2D eigenvalue weighted by atomic mass is 16.5. The highest BCUT2D eigenvalue weighted by Crippen LogP contribution is 2.39. The summed E-state index contributed by atoms with van der Waals surface area (Å²) in [6, 6.07) is 25.2. The van der Waals surface area contributed by atoms with Crippen molar-refractivity contribution in [3.63, 3.8) is 0 Å². The van der Waals surface area contributed by atoms with Crippen molar-refractivity contribution in [3.05, 3.63) is 113 Å². The lowest BCUT2D eigenvalue weighted by Gasteiger charge is -2.27. The Morgan fingerprint density at radius 1 is 0.971 bits per heavy atom. The molecule has 35 heavy (non-hydrogen) atoms. The fraction of sp³-hybridized carbons (Fsp3) is 0.172. The van der Waals surface area contributed by atoms with Gasteiger partial charge >= 0.3 is 0 Å². The van der Waals surface area contributed by atoms with E-state index in [1.165, 1.54) is 11.0 Å². The van der Waals surface area contributed by atoms with E-state index in [1.807, 2.05) is 78.9 Å². The molecule has 0 radical (unpaired) electrons. The molecule has 0 aromatic heterocycles. The Kier molecular flexibility index (Phi) is 7.75. The van der Waals surface area contributed by atoms with Crippen molar-refractivity contribution in [2.45, 2.75) is 12.5 Å². The van der Waals surface area contributed by atoms with Gasteiger partial charge < -0.3 is 19.5 Å². The van der Waals surface area contributed by atoms with Crippen LogP contribution in [0.2, 0.25) is 0 Å². The molecule has 0 bridgehead atoms. The molecule has 1 heterocycles. The summed E-state index contributed by atoms with van der Waals surface area (Å²) < 4.78 is 11.1. The smallest absolute Gasteiger partial charge is 0.290 e. The molecule has 178 valence electrons. The Morgan fingerprint density at radius 3 is 2.37 bits per heavy atom. The Hall–Kier alpha value is -4.16. The first kappa shape index (κ1) is 24.0. The number of hydrogen-bond acceptors (Lipinski definition) is 5. The maximum absolute atomic E-state index is 13.3. The van der Waals surface area contributed by atoms with Gasteiger partial charge in [-0.3, -0.25) is 9.59 Å². The first-order valence-corrected chi connectivity index (χ1v) is 11.4. The van der Waals surface area contributed by atoms with E-state index in [-0.39, 0.29) is 5.57 Å². The Bertz CT molecular complexity index is 1230. The third kappa shape index (κ3) is 5.67. The average molecular weight is 470 g/mol. The number of nitrogens with zero attached hydrogens (tertiary/aromatic N) is 1. The molecule has 4 rings (SSSR count). The number of aliphatic hydroxyl groups excluding tert-OH is 1. The van der Waals surface area contributed by atoms with Crippen LogP contribution >= 0.6 is 0 Å². The van der Waals surface area contributed by atoms with Gasteiger partial charge in [0.1, 0.15) is 11.5 Å². The summed E-state index contributed by atoms with van der Waals surface area (Å²) in [6.07, 6.45) is 3.63. The van der Waals surface area contributed by atoms with Gasteiger partial charge in [-0.05, 0) is 47.9 Å². The summed E-state index contributed by atoms with van der Waals surface area (Å²) in [6.45, 7) is 0.774. The van der Waals surface area contributed by atoms with Crippen molar-refractivity contribution in [2.75, 3.05) is 20.3 Å². The number of methoxy groups -OCH3 is 1. The second-order valence-electron chi connectivity index (χ2n) is 8.11. The predicted octanol–water partition coefficient (Wildman–Crippen LogP) is 5.49. The molecule has 1 unspecified atom stereocenters. The minimum atomic E-state index is -0.744. The standard InChI is InChI=1S/C29H27NO5/c1-34-19-9-18-30-27(22-12-8-15-24(20-22)35-23-13-6-3-7-14-23)26(28(32)29(30)33)25(31)17-16-21-10-4-2-5-11-21/h2-8,10-17,20,27,32H,9,18-19H2,1H3/b17-16+. The van der Waals surface area contributed by atoms with Crippen LogP contribution < -0.4 is 4.74 Å². The Labute approximate surface area is 204 Å². The normalized spacial score (nSPS) is 15.7. The van der Waals surface area contributed by atoms with Gasteiger partial charge in [0.05, 0.1) is 11.6 Å². The lowest BCUT2D eigenvalue weighted by Crippen LogP contribution is -2.32. The Balaban J connectivity index is 1.68. The lowest BCUT2D eigenvalue weighted by molar-refractivity contribution is -0.129. The van der Waals surface area contributed by atoms with E-state index in [1.54, 1.807) is 19.3 Å². The van der Waals surface area contributed by atoms with E-state index in [4.69, 9.17) is 9.47 Å². The zero-order valence-electron chi connectivity index (χ0n) is 19.5. The molecule has 3 aromatic rings. The molecule has 0 saturated carbocycles. The van der Waals surface area contributed by atoms with Gasteiger partial charge in [-0.1, -0.05) is 66.7 Å². The van der Waals surface area contributed by atoms with E-state index >= 15 is 0 Å². The van der Waals surface area contributed by atoms with Gasteiger partial charge in [-0.2, -0.15) is 0 Å². The van der Waals surface area contributed by atoms with Crippen molar-refractivity contribution < 1.29 is 24.2 Å². The number of amides is 1. The third-order valence-corrected chi connectivity index (χ3v) is 5.70. The number of carbonyl (C=O) groups excluding carboxylic acids is 2. The van der Waals surface area contributed by atoms with Crippen molar-refractivity contribution >= 4 is 17.8 Å². The van der Waals surface area contributed by atoms with E-state index in [0.717, 1.165) is 5.56 Å². The van der Waals surface area contributed by atoms with E-state index in [0.29, 0.717) is 36.6 Å². The maximum atomic E-state index is 13.3. The van der Waals surface area contributed by atoms with Crippen molar-refractivity contribution in [3.8, 4) is 11.5 Å². The molecule has 3 aromatic carbocycles. The molecular formula is C29H27NO5. The second kappa shape index (κ2) is 11.3. The van der Waals surface area contributed by atoms with Gasteiger partial charge in [0.15, 0.2) is 11.5 Å². The largest absolute Gasteiger partial charge is 0.503 e. The van der Waals surface area contributed by atoms with Crippen LogP contribution in [-0.2, 0) is 14.3 Å². The van der Waals surface area contributed by atoms with Crippen LogP contribution in [0.5, 0.6) is 11.5 Å². The summed E-state index contributed by atoms with van der Waals surface area (Å²) in [5.74, 6) is -0.282. The minimum Gasteiger partial charge on any atom is -0.503 e. The third-order valence-electron chi connectivity index (χ3n) is 5.70. The zero-order chi connectivity index (χ0) is 24.6. The molecule has 0 aliphatic carbocycles. The molecule has 0 saturated heterocycles. The van der Waals surface area contributed by atoms with Crippen LogP contribution in [0.15, 0.2) is 102 Å². The van der Waals surface area contributed by atoms with E-state index < -0.39 is 23.5 Å². The molecular weight excluding hydrogens is 442 g/mol. The van der Waals surface area contributed by atoms with Crippen LogP contribution in [0.4, 0.5) is 0 Å². The molecule has 6 heteroatoms. The van der Waals surface area contributed by atoms with Gasteiger partial charge in [-0.15, -0.1) is 0 Å². The van der Waals surface area contributed by atoms with E-state index in [2.05, 4.69) is 0 Å². The maximum Gasteiger partial charge on any atom is 0.290 e. The molecule has 1 N–H and O–H groups in total. The zero-order valence-corrected chi connectivity index (χ0v) is 19.5. The van der Waals surface area contributed by atoms with Crippen molar-refractivity contribution in [1.29, 1.82) is 0 Å². The van der Waals surface area contributed by atoms with Gasteiger partial charge in [0.2, 0.25) is 0 Å². The molecule has 0 spiro atoms. The SMILES string of the molecule is COCCCN1C(=O)C(O)=C(C(=O)/C=C/c2ccccc2)C1c1cccc(Oc2ccccc2)c1. The highest BCUT2D eigenvalue weighted by molar-refractivity contribution is 6.14. The molecule has 1 aliphatic rings. The van der Waals surface area contributed by atoms with Crippen LogP contribution in [0.3, 0.4) is 0 Å². The fourth-order valence-electron chi connectivity index (χ4n) is 4.06. The van der Waals surface area contributed by atoms with Crippen molar-refractivity contribution in [1.82, 2.24) is 4.90 Å². The van der Waals surface area contributed by atoms with Crippen LogP contribution in [-0.4, -0.2) is 42.0 Å². The van der Waals surface area contributed by atoms with E-state index in [9.17, 15) is 14.7 Å². The predicted molar refractivity (Wildman–Crippen MR) is 134 cm³/mol. The van der Waals surface area contributed by atoms with Crippen LogP contribution in [0.1, 0.15) is 23.6 Å². The molecule has 0 fully saturated rings. The molecule has 6 nitrogen and oxygen atoms in total. The molecule has 1 atom stereocenters. The van der Waals surface area contributed by atoms with Crippen LogP contribution in [0, 0.1) is 0 Å². The first-order valence-electron chi connectivity index (χ1n) is 11.4. The second-order valence-corrected chi connectivity index (χ2v) is 8.11. The fourth-order valence-corrected chi connectivity index (χ4v) is 4.06. The summed E-state index contributed by atoms with van der Waals surface area (Å²) in [5.41, 5.74) is 1.57. The summed E-state index contributed by atoms with van der Waals surface area (Å²) in [4.78, 5) is 27.8. The number of aliphatic hydroxyl groups is 1. The monoisotopic (exact) mass is 469 g/mol. The summed E-state index contributed by atoms with van der Waals surface area (Å²) >= 11 is 0. The number of carbonyl (C=O) groups is 2. The van der Waals surface area contributed by atoms with Gasteiger partial charge in [0.25, 0.3) is 5.91 Å². The minimum absolute atomic E-state index is 0.0523. The van der Waals surface area contributed by atoms with Gasteiger partial charge in [-0.25, -0.2) is 0 Å². The summed E-state index contributed by atoms with van der Waals surface area (Å²) in [7, 11) is 1.59. The number of allylic oxidation sites excluding steroid dienone is 1. The van der Waals surface area contributed by atoms with Crippen LogP contribution in [0.25, 0.3) is 6.08 Å². The molecule has 1 amide bonds.